The number of rotatable bonds is 8. The van der Waals surface area contributed by atoms with Crippen LogP contribution in [-0.4, -0.2) is 29.2 Å². The topological polar surface area (TPSA) is 29.1 Å². The van der Waals surface area contributed by atoms with E-state index >= 15 is 0 Å². The SMILES string of the molecule is O=C(CCSc1ccccc1)NCCSC1CCCC1. The standard InChI is InChI=1S/C16H23NOS2/c18-16(10-12-19-14-6-2-1-3-7-14)17-11-13-20-15-8-4-5-9-15/h1-3,6-7,15H,4-5,8-13H2,(H,17,18). The molecule has 1 amide bonds. The summed E-state index contributed by atoms with van der Waals surface area (Å²) >= 11 is 3.77. The zero-order valence-corrected chi connectivity index (χ0v) is 13.5. The lowest BCUT2D eigenvalue weighted by Crippen LogP contribution is -2.26. The molecule has 0 unspecified atom stereocenters. The zero-order chi connectivity index (χ0) is 14.0. The second kappa shape index (κ2) is 9.35. The fourth-order valence-corrected chi connectivity index (χ4v) is 4.43. The van der Waals surface area contributed by atoms with Crippen molar-refractivity contribution >= 4 is 29.4 Å². The first-order valence-electron chi connectivity index (χ1n) is 7.41. The van der Waals surface area contributed by atoms with Gasteiger partial charge in [-0.05, 0) is 25.0 Å². The molecule has 0 aromatic heterocycles. The molecule has 1 N–H and O–H groups in total. The largest absolute Gasteiger partial charge is 0.355 e. The van der Waals surface area contributed by atoms with E-state index in [1.54, 1.807) is 11.8 Å². The van der Waals surface area contributed by atoms with E-state index in [9.17, 15) is 4.79 Å². The molecule has 4 heteroatoms. The van der Waals surface area contributed by atoms with Gasteiger partial charge >= 0.3 is 0 Å². The lowest BCUT2D eigenvalue weighted by Gasteiger charge is -2.09. The second-order valence-electron chi connectivity index (χ2n) is 5.04. The predicted molar refractivity (Wildman–Crippen MR) is 89.5 cm³/mol. The minimum atomic E-state index is 0.181. The number of thioether (sulfide) groups is 2. The molecule has 2 rings (SSSR count). The Balaban J connectivity index is 1.48. The van der Waals surface area contributed by atoms with Gasteiger partial charge in [0.2, 0.25) is 5.91 Å². The molecule has 0 bridgehead atoms. The van der Waals surface area contributed by atoms with Crippen molar-refractivity contribution in [3.05, 3.63) is 30.3 Å². The summed E-state index contributed by atoms with van der Waals surface area (Å²) in [5.74, 6) is 2.09. The number of benzene rings is 1. The summed E-state index contributed by atoms with van der Waals surface area (Å²) in [5, 5.41) is 3.87. The molecular formula is C16H23NOS2. The van der Waals surface area contributed by atoms with Crippen LogP contribution in [0.25, 0.3) is 0 Å². The monoisotopic (exact) mass is 309 g/mol. The van der Waals surface area contributed by atoms with E-state index < -0.39 is 0 Å². The number of amides is 1. The minimum absolute atomic E-state index is 0.181. The Morgan fingerprint density at radius 3 is 2.65 bits per heavy atom. The van der Waals surface area contributed by atoms with Crippen LogP contribution < -0.4 is 5.32 Å². The third-order valence-electron chi connectivity index (χ3n) is 3.42. The van der Waals surface area contributed by atoms with Gasteiger partial charge in [0.05, 0.1) is 0 Å². The molecule has 110 valence electrons. The first kappa shape index (κ1) is 15.8. The molecular weight excluding hydrogens is 286 g/mol. The lowest BCUT2D eigenvalue weighted by atomic mass is 10.4. The van der Waals surface area contributed by atoms with Crippen LogP contribution in [0.15, 0.2) is 35.2 Å². The minimum Gasteiger partial charge on any atom is -0.355 e. The first-order valence-corrected chi connectivity index (χ1v) is 9.44. The molecule has 0 atom stereocenters. The van der Waals surface area contributed by atoms with Crippen molar-refractivity contribution in [3.8, 4) is 0 Å². The summed E-state index contributed by atoms with van der Waals surface area (Å²) < 4.78 is 0. The summed E-state index contributed by atoms with van der Waals surface area (Å²) in [4.78, 5) is 12.9. The van der Waals surface area contributed by atoms with Gasteiger partial charge in [0.15, 0.2) is 0 Å². The van der Waals surface area contributed by atoms with Crippen molar-refractivity contribution in [1.82, 2.24) is 5.32 Å². The van der Waals surface area contributed by atoms with E-state index in [0.29, 0.717) is 6.42 Å². The Morgan fingerprint density at radius 1 is 1.15 bits per heavy atom. The highest BCUT2D eigenvalue weighted by Gasteiger charge is 2.14. The third kappa shape index (κ3) is 6.23. The quantitative estimate of drug-likeness (QED) is 0.582. The van der Waals surface area contributed by atoms with E-state index in [-0.39, 0.29) is 5.91 Å². The maximum absolute atomic E-state index is 11.7. The Morgan fingerprint density at radius 2 is 1.90 bits per heavy atom. The number of carbonyl (C=O) groups excluding carboxylic acids is 1. The van der Waals surface area contributed by atoms with Gasteiger partial charge < -0.3 is 5.32 Å². The highest BCUT2D eigenvalue weighted by Crippen LogP contribution is 2.28. The van der Waals surface area contributed by atoms with Crippen LogP contribution >= 0.6 is 23.5 Å². The number of carbonyl (C=O) groups is 1. The molecule has 1 saturated carbocycles. The first-order chi connectivity index (χ1) is 9.84. The van der Waals surface area contributed by atoms with Gasteiger partial charge in [-0.15, -0.1) is 11.8 Å². The van der Waals surface area contributed by atoms with Crippen molar-refractivity contribution in [3.63, 3.8) is 0 Å². The number of hydrogen-bond acceptors (Lipinski definition) is 3. The fraction of sp³-hybridized carbons (Fsp3) is 0.562. The summed E-state index contributed by atoms with van der Waals surface area (Å²) in [6.45, 7) is 0.815. The van der Waals surface area contributed by atoms with Crippen molar-refractivity contribution in [1.29, 1.82) is 0 Å². The van der Waals surface area contributed by atoms with Crippen LogP contribution in [0.1, 0.15) is 32.1 Å². The van der Waals surface area contributed by atoms with Crippen LogP contribution in [0.5, 0.6) is 0 Å². The van der Waals surface area contributed by atoms with E-state index in [1.165, 1.54) is 30.6 Å². The summed E-state index contributed by atoms with van der Waals surface area (Å²) in [7, 11) is 0. The van der Waals surface area contributed by atoms with Crippen LogP contribution in [0, 0.1) is 0 Å². The Labute approximate surface area is 130 Å². The summed E-state index contributed by atoms with van der Waals surface area (Å²) in [5.41, 5.74) is 0. The Bertz CT molecular complexity index is 391. The van der Waals surface area contributed by atoms with Gasteiger partial charge in [0, 0.05) is 34.6 Å². The maximum atomic E-state index is 11.7. The Kier molecular flexibility index (Phi) is 7.37. The Hall–Kier alpha value is -0.610. The van der Waals surface area contributed by atoms with E-state index in [4.69, 9.17) is 0 Å². The molecule has 0 radical (unpaired) electrons. The van der Waals surface area contributed by atoms with Crippen LogP contribution in [0.4, 0.5) is 0 Å². The fourth-order valence-electron chi connectivity index (χ4n) is 2.34. The van der Waals surface area contributed by atoms with Gasteiger partial charge in [-0.1, -0.05) is 31.0 Å². The molecule has 0 aliphatic heterocycles. The average Bonchev–Trinajstić information content (AvgIpc) is 2.98. The molecule has 1 aromatic rings. The van der Waals surface area contributed by atoms with Gasteiger partial charge in [-0.25, -0.2) is 0 Å². The third-order valence-corrected chi connectivity index (χ3v) is 5.82. The lowest BCUT2D eigenvalue weighted by molar-refractivity contribution is -0.120. The summed E-state index contributed by atoms with van der Waals surface area (Å²) in [6.07, 6.45) is 6.12. The van der Waals surface area contributed by atoms with Gasteiger partial charge in [0.1, 0.15) is 0 Å². The van der Waals surface area contributed by atoms with E-state index in [1.807, 2.05) is 30.0 Å². The van der Waals surface area contributed by atoms with Crippen molar-refractivity contribution in [2.45, 2.75) is 42.2 Å². The van der Waals surface area contributed by atoms with E-state index in [2.05, 4.69) is 17.4 Å². The maximum Gasteiger partial charge on any atom is 0.220 e. The molecule has 1 aliphatic rings. The molecule has 20 heavy (non-hydrogen) atoms. The average molecular weight is 310 g/mol. The molecule has 1 aliphatic carbocycles. The molecule has 1 fully saturated rings. The zero-order valence-electron chi connectivity index (χ0n) is 11.8. The van der Waals surface area contributed by atoms with Crippen LogP contribution in [0.3, 0.4) is 0 Å². The van der Waals surface area contributed by atoms with Crippen molar-refractivity contribution in [2.75, 3.05) is 18.1 Å². The number of hydrogen-bond donors (Lipinski definition) is 1. The summed E-state index contributed by atoms with van der Waals surface area (Å²) in [6, 6.07) is 10.2. The molecule has 0 heterocycles. The molecule has 0 saturated heterocycles. The molecule has 2 nitrogen and oxygen atoms in total. The molecule has 1 aromatic carbocycles. The second-order valence-corrected chi connectivity index (χ2v) is 7.62. The number of nitrogens with one attached hydrogen (secondary N) is 1. The highest BCUT2D eigenvalue weighted by molar-refractivity contribution is 8.00. The van der Waals surface area contributed by atoms with Gasteiger partial charge in [-0.2, -0.15) is 11.8 Å². The smallest absolute Gasteiger partial charge is 0.220 e. The highest BCUT2D eigenvalue weighted by atomic mass is 32.2. The van der Waals surface area contributed by atoms with Gasteiger partial charge in [-0.3, -0.25) is 4.79 Å². The van der Waals surface area contributed by atoms with Crippen molar-refractivity contribution in [2.24, 2.45) is 0 Å². The molecule has 0 spiro atoms. The normalized spacial score (nSPS) is 15.4. The van der Waals surface area contributed by atoms with E-state index in [0.717, 1.165) is 23.3 Å². The van der Waals surface area contributed by atoms with Crippen LogP contribution in [0.2, 0.25) is 0 Å². The van der Waals surface area contributed by atoms with Gasteiger partial charge in [0.25, 0.3) is 0 Å². The predicted octanol–water partition coefficient (Wildman–Crippen LogP) is 3.96. The van der Waals surface area contributed by atoms with Crippen LogP contribution in [-0.2, 0) is 4.79 Å². The van der Waals surface area contributed by atoms with Crippen molar-refractivity contribution < 1.29 is 4.79 Å².